The van der Waals surface area contributed by atoms with Gasteiger partial charge in [-0.1, -0.05) is 41.1 Å². The minimum absolute atomic E-state index is 0.173. The van der Waals surface area contributed by atoms with E-state index < -0.39 is 0 Å². The van der Waals surface area contributed by atoms with Gasteiger partial charge in [0.2, 0.25) is 0 Å². The van der Waals surface area contributed by atoms with Crippen molar-refractivity contribution in [3.05, 3.63) is 34.3 Å². The molecule has 15 heavy (non-hydrogen) atoms. The third-order valence-electron chi connectivity index (χ3n) is 2.57. The summed E-state index contributed by atoms with van der Waals surface area (Å²) in [6, 6.07) is 8.57. The standard InChI is InChI=1S/C12H18BrNO/c1-3-10(8-15)14-9(2)11-6-4-5-7-12(11)13/h4-7,9-10,14-15H,3,8H2,1-2H3/t9-,10-/m0/s1. The van der Waals surface area contributed by atoms with E-state index in [4.69, 9.17) is 5.11 Å². The Morgan fingerprint density at radius 1 is 1.40 bits per heavy atom. The molecule has 0 aromatic heterocycles. The van der Waals surface area contributed by atoms with Crippen molar-refractivity contribution in [1.82, 2.24) is 5.32 Å². The maximum absolute atomic E-state index is 9.12. The van der Waals surface area contributed by atoms with Crippen molar-refractivity contribution < 1.29 is 5.11 Å². The summed E-state index contributed by atoms with van der Waals surface area (Å²) in [6.07, 6.45) is 0.936. The van der Waals surface area contributed by atoms with Crippen LogP contribution in [-0.4, -0.2) is 17.8 Å². The first-order valence-electron chi connectivity index (χ1n) is 5.30. The minimum atomic E-state index is 0.173. The lowest BCUT2D eigenvalue weighted by atomic mass is 10.1. The van der Waals surface area contributed by atoms with Crippen molar-refractivity contribution in [2.24, 2.45) is 0 Å². The summed E-state index contributed by atoms with van der Waals surface area (Å²) in [6.45, 7) is 4.37. The molecule has 2 atom stereocenters. The number of rotatable bonds is 5. The second kappa shape index (κ2) is 6.26. The van der Waals surface area contributed by atoms with Crippen LogP contribution < -0.4 is 5.32 Å². The normalized spacial score (nSPS) is 14.9. The summed E-state index contributed by atoms with van der Waals surface area (Å²) in [7, 11) is 0. The summed E-state index contributed by atoms with van der Waals surface area (Å²) in [5.74, 6) is 0. The van der Waals surface area contributed by atoms with Gasteiger partial charge in [-0.2, -0.15) is 0 Å². The predicted molar refractivity (Wildman–Crippen MR) is 66.9 cm³/mol. The second-order valence-corrected chi connectivity index (χ2v) is 4.55. The number of aliphatic hydroxyl groups is 1. The lowest BCUT2D eigenvalue weighted by Crippen LogP contribution is -2.34. The minimum Gasteiger partial charge on any atom is -0.395 e. The molecule has 2 nitrogen and oxygen atoms in total. The van der Waals surface area contributed by atoms with Crippen LogP contribution in [0, 0.1) is 0 Å². The molecule has 0 unspecified atom stereocenters. The van der Waals surface area contributed by atoms with E-state index in [9.17, 15) is 0 Å². The lowest BCUT2D eigenvalue weighted by molar-refractivity contribution is 0.230. The van der Waals surface area contributed by atoms with Gasteiger partial charge in [-0.25, -0.2) is 0 Å². The maximum Gasteiger partial charge on any atom is 0.0584 e. The molecule has 0 bridgehead atoms. The van der Waals surface area contributed by atoms with Crippen LogP contribution in [-0.2, 0) is 0 Å². The molecule has 0 fully saturated rings. The molecule has 1 aromatic rings. The smallest absolute Gasteiger partial charge is 0.0584 e. The summed E-state index contributed by atoms with van der Waals surface area (Å²) >= 11 is 3.53. The van der Waals surface area contributed by atoms with Crippen LogP contribution >= 0.6 is 15.9 Å². The molecule has 0 spiro atoms. The van der Waals surface area contributed by atoms with Gasteiger partial charge in [0.15, 0.2) is 0 Å². The van der Waals surface area contributed by atoms with Gasteiger partial charge in [-0.3, -0.25) is 0 Å². The van der Waals surface area contributed by atoms with Crippen molar-refractivity contribution in [3.8, 4) is 0 Å². The van der Waals surface area contributed by atoms with Crippen molar-refractivity contribution in [2.45, 2.75) is 32.4 Å². The van der Waals surface area contributed by atoms with Crippen molar-refractivity contribution in [3.63, 3.8) is 0 Å². The summed E-state index contributed by atoms with van der Waals surface area (Å²) in [5, 5.41) is 12.5. The van der Waals surface area contributed by atoms with E-state index in [0.29, 0.717) is 0 Å². The van der Waals surface area contributed by atoms with Crippen LogP contribution in [0.4, 0.5) is 0 Å². The highest BCUT2D eigenvalue weighted by Gasteiger charge is 2.12. The number of hydrogen-bond donors (Lipinski definition) is 2. The first kappa shape index (κ1) is 12.7. The number of nitrogens with one attached hydrogen (secondary N) is 1. The monoisotopic (exact) mass is 271 g/mol. The van der Waals surface area contributed by atoms with Gasteiger partial charge in [-0.15, -0.1) is 0 Å². The molecule has 0 aliphatic heterocycles. The highest BCUT2D eigenvalue weighted by molar-refractivity contribution is 9.10. The Kier molecular flexibility index (Phi) is 5.29. The van der Waals surface area contributed by atoms with Gasteiger partial charge in [0, 0.05) is 16.6 Å². The van der Waals surface area contributed by atoms with E-state index in [1.165, 1.54) is 5.56 Å². The molecule has 0 aliphatic carbocycles. The average molecular weight is 272 g/mol. The molecular weight excluding hydrogens is 254 g/mol. The van der Waals surface area contributed by atoms with Gasteiger partial charge >= 0.3 is 0 Å². The molecule has 0 amide bonds. The average Bonchev–Trinajstić information content (AvgIpc) is 2.26. The summed E-state index contributed by atoms with van der Waals surface area (Å²) in [4.78, 5) is 0. The molecule has 0 saturated heterocycles. The maximum atomic E-state index is 9.12. The Bertz CT molecular complexity index is 299. The van der Waals surface area contributed by atoms with Gasteiger partial charge in [0.1, 0.15) is 0 Å². The van der Waals surface area contributed by atoms with Crippen molar-refractivity contribution in [2.75, 3.05) is 6.61 Å². The molecular formula is C12H18BrNO. The Balaban J connectivity index is 2.68. The largest absolute Gasteiger partial charge is 0.395 e. The topological polar surface area (TPSA) is 32.3 Å². The quantitative estimate of drug-likeness (QED) is 0.863. The van der Waals surface area contributed by atoms with Crippen LogP contribution in [0.25, 0.3) is 0 Å². The van der Waals surface area contributed by atoms with Crippen LogP contribution in [0.5, 0.6) is 0 Å². The SMILES string of the molecule is CC[C@@H](CO)N[C@@H](C)c1ccccc1Br. The zero-order valence-electron chi connectivity index (χ0n) is 9.20. The van der Waals surface area contributed by atoms with Gasteiger partial charge < -0.3 is 10.4 Å². The van der Waals surface area contributed by atoms with Crippen molar-refractivity contribution >= 4 is 15.9 Å². The fraction of sp³-hybridized carbons (Fsp3) is 0.500. The predicted octanol–water partition coefficient (Wildman–Crippen LogP) is 2.87. The summed E-state index contributed by atoms with van der Waals surface area (Å²) in [5.41, 5.74) is 1.23. The first-order chi connectivity index (χ1) is 7.19. The van der Waals surface area contributed by atoms with Crippen LogP contribution in [0.3, 0.4) is 0 Å². The second-order valence-electron chi connectivity index (χ2n) is 3.70. The number of hydrogen-bond acceptors (Lipinski definition) is 2. The number of halogens is 1. The van der Waals surface area contributed by atoms with E-state index in [2.05, 4.69) is 41.2 Å². The molecule has 3 heteroatoms. The molecule has 0 heterocycles. The molecule has 2 N–H and O–H groups in total. The van der Waals surface area contributed by atoms with Gasteiger partial charge in [0.05, 0.1) is 6.61 Å². The highest BCUT2D eigenvalue weighted by atomic mass is 79.9. The zero-order valence-corrected chi connectivity index (χ0v) is 10.8. The van der Waals surface area contributed by atoms with E-state index in [1.54, 1.807) is 0 Å². The molecule has 84 valence electrons. The Morgan fingerprint density at radius 3 is 2.60 bits per heavy atom. The number of aliphatic hydroxyl groups excluding tert-OH is 1. The third kappa shape index (κ3) is 3.59. The van der Waals surface area contributed by atoms with Crippen LogP contribution in [0.15, 0.2) is 28.7 Å². The fourth-order valence-corrected chi connectivity index (χ4v) is 2.20. The van der Waals surface area contributed by atoms with Crippen LogP contribution in [0.2, 0.25) is 0 Å². The van der Waals surface area contributed by atoms with Gasteiger partial charge in [-0.05, 0) is 25.0 Å². The lowest BCUT2D eigenvalue weighted by Gasteiger charge is -2.21. The first-order valence-corrected chi connectivity index (χ1v) is 6.09. The van der Waals surface area contributed by atoms with E-state index in [-0.39, 0.29) is 18.7 Å². The van der Waals surface area contributed by atoms with Crippen molar-refractivity contribution in [1.29, 1.82) is 0 Å². The van der Waals surface area contributed by atoms with E-state index in [0.717, 1.165) is 10.9 Å². The molecule has 0 radical (unpaired) electrons. The fourth-order valence-electron chi connectivity index (χ4n) is 1.57. The molecule has 0 saturated carbocycles. The van der Waals surface area contributed by atoms with E-state index >= 15 is 0 Å². The Hall–Kier alpha value is -0.380. The third-order valence-corrected chi connectivity index (χ3v) is 3.29. The van der Waals surface area contributed by atoms with Gasteiger partial charge in [0.25, 0.3) is 0 Å². The van der Waals surface area contributed by atoms with Crippen LogP contribution in [0.1, 0.15) is 31.9 Å². The van der Waals surface area contributed by atoms with E-state index in [1.807, 2.05) is 18.2 Å². The molecule has 1 aromatic carbocycles. The Labute approximate surface area is 99.8 Å². The highest BCUT2D eigenvalue weighted by Crippen LogP contribution is 2.23. The summed E-state index contributed by atoms with van der Waals surface area (Å²) < 4.78 is 1.11. The molecule has 0 aliphatic rings. The number of benzene rings is 1. The molecule has 1 rings (SSSR count). The zero-order chi connectivity index (χ0) is 11.3. The Morgan fingerprint density at radius 2 is 2.07 bits per heavy atom.